The first-order valence-electron chi connectivity index (χ1n) is 8.64. The van der Waals surface area contributed by atoms with Crippen LogP contribution in [0.25, 0.3) is 10.2 Å². The Hall–Kier alpha value is -3.26. The zero-order valence-corrected chi connectivity index (χ0v) is 16.0. The third-order valence-corrected chi connectivity index (χ3v) is 4.53. The zero-order chi connectivity index (χ0) is 19.9. The quantitative estimate of drug-likeness (QED) is 0.611. The Morgan fingerprint density at radius 3 is 2.46 bits per heavy atom. The fourth-order valence-corrected chi connectivity index (χ4v) is 3.08. The minimum Gasteiger partial charge on any atom is -0.462 e. The molecule has 0 spiro atoms. The number of fused-ring (bicyclic) bond motifs is 1. The number of rotatable bonds is 7. The molecule has 0 bridgehead atoms. The fraction of sp³-hybridized carbons (Fsp3) is 0.200. The van der Waals surface area contributed by atoms with E-state index in [9.17, 15) is 14.4 Å². The molecule has 0 atom stereocenters. The standard InChI is InChI=1S/C20H18N2O5S/c1-2-9-26-19(24)13-3-6-15(7-4-13)22-18(23)11-27-20(25)14-5-8-16-17(10-14)28-12-21-16/h3-8,10,12H,2,9,11H2,1H3,(H,22,23). The van der Waals surface area contributed by atoms with Gasteiger partial charge in [-0.2, -0.15) is 0 Å². The number of carbonyl (C=O) groups excluding carboxylic acids is 3. The maximum absolute atomic E-state index is 12.1. The number of anilines is 1. The second-order valence-electron chi connectivity index (χ2n) is 5.87. The van der Waals surface area contributed by atoms with Crippen molar-refractivity contribution >= 4 is 45.1 Å². The number of nitrogens with one attached hydrogen (secondary N) is 1. The molecule has 144 valence electrons. The molecule has 3 aromatic rings. The first-order valence-corrected chi connectivity index (χ1v) is 9.52. The lowest BCUT2D eigenvalue weighted by molar-refractivity contribution is -0.119. The number of ether oxygens (including phenoxy) is 2. The molecule has 1 N–H and O–H groups in total. The van der Waals surface area contributed by atoms with Crippen molar-refractivity contribution in [3.63, 3.8) is 0 Å². The summed E-state index contributed by atoms with van der Waals surface area (Å²) in [5.41, 5.74) is 3.75. The van der Waals surface area contributed by atoms with E-state index in [0.29, 0.717) is 23.4 Å². The van der Waals surface area contributed by atoms with E-state index in [2.05, 4.69) is 10.3 Å². The van der Waals surface area contributed by atoms with Crippen molar-refractivity contribution in [3.8, 4) is 0 Å². The number of benzene rings is 2. The minimum atomic E-state index is -0.584. The van der Waals surface area contributed by atoms with Crippen LogP contribution in [0.4, 0.5) is 5.69 Å². The molecule has 2 aromatic carbocycles. The highest BCUT2D eigenvalue weighted by atomic mass is 32.1. The van der Waals surface area contributed by atoms with Crippen molar-refractivity contribution in [2.45, 2.75) is 13.3 Å². The predicted molar refractivity (Wildman–Crippen MR) is 106 cm³/mol. The number of hydrogen-bond acceptors (Lipinski definition) is 7. The molecular weight excluding hydrogens is 380 g/mol. The highest BCUT2D eigenvalue weighted by molar-refractivity contribution is 7.16. The van der Waals surface area contributed by atoms with Gasteiger partial charge in [0.05, 0.1) is 33.5 Å². The molecule has 0 aliphatic heterocycles. The number of esters is 2. The topological polar surface area (TPSA) is 94.6 Å². The van der Waals surface area contributed by atoms with Gasteiger partial charge in [-0.05, 0) is 48.9 Å². The van der Waals surface area contributed by atoms with Crippen LogP contribution in [0, 0.1) is 0 Å². The monoisotopic (exact) mass is 398 g/mol. The van der Waals surface area contributed by atoms with E-state index in [4.69, 9.17) is 9.47 Å². The minimum absolute atomic E-state index is 0.360. The average molecular weight is 398 g/mol. The van der Waals surface area contributed by atoms with Gasteiger partial charge in [-0.15, -0.1) is 11.3 Å². The average Bonchev–Trinajstić information content (AvgIpc) is 3.18. The Bertz CT molecular complexity index is 997. The van der Waals surface area contributed by atoms with Crippen LogP contribution in [0.5, 0.6) is 0 Å². The van der Waals surface area contributed by atoms with Gasteiger partial charge in [-0.1, -0.05) is 6.92 Å². The number of carbonyl (C=O) groups is 3. The maximum Gasteiger partial charge on any atom is 0.338 e. The summed E-state index contributed by atoms with van der Waals surface area (Å²) in [6.07, 6.45) is 0.747. The molecule has 0 saturated carbocycles. The molecular formula is C20H18N2O5S. The number of hydrogen-bond donors (Lipinski definition) is 1. The lowest BCUT2D eigenvalue weighted by Crippen LogP contribution is -2.21. The summed E-state index contributed by atoms with van der Waals surface area (Å²) in [6, 6.07) is 11.3. The summed E-state index contributed by atoms with van der Waals surface area (Å²) >= 11 is 1.42. The summed E-state index contributed by atoms with van der Waals surface area (Å²) in [5, 5.41) is 2.61. The Kier molecular flexibility index (Phi) is 6.33. The summed E-state index contributed by atoms with van der Waals surface area (Å²) in [6.45, 7) is 1.86. The summed E-state index contributed by atoms with van der Waals surface area (Å²) < 4.78 is 11.0. The smallest absolute Gasteiger partial charge is 0.338 e. The number of thiazole rings is 1. The van der Waals surface area contributed by atoms with E-state index >= 15 is 0 Å². The molecule has 8 heteroatoms. The van der Waals surface area contributed by atoms with Crippen LogP contribution in [0.3, 0.4) is 0 Å². The predicted octanol–water partition coefficient (Wildman–Crippen LogP) is 3.66. The van der Waals surface area contributed by atoms with Crippen LogP contribution in [0.15, 0.2) is 48.0 Å². The largest absolute Gasteiger partial charge is 0.462 e. The van der Waals surface area contributed by atoms with Gasteiger partial charge in [-0.3, -0.25) is 4.79 Å². The van der Waals surface area contributed by atoms with E-state index in [1.165, 1.54) is 11.3 Å². The molecule has 0 fully saturated rings. The molecule has 1 heterocycles. The third kappa shape index (κ3) is 4.92. The highest BCUT2D eigenvalue weighted by Gasteiger charge is 2.12. The van der Waals surface area contributed by atoms with Crippen molar-refractivity contribution in [3.05, 3.63) is 59.1 Å². The van der Waals surface area contributed by atoms with E-state index in [-0.39, 0.29) is 0 Å². The van der Waals surface area contributed by atoms with E-state index < -0.39 is 24.5 Å². The number of nitrogens with zero attached hydrogens (tertiary/aromatic N) is 1. The van der Waals surface area contributed by atoms with Gasteiger partial charge in [0.1, 0.15) is 0 Å². The second kappa shape index (κ2) is 9.09. The van der Waals surface area contributed by atoms with Crippen molar-refractivity contribution in [2.24, 2.45) is 0 Å². The Labute approximate surface area is 165 Å². The van der Waals surface area contributed by atoms with Gasteiger partial charge in [0.2, 0.25) is 0 Å². The number of amides is 1. The number of aromatic nitrogens is 1. The van der Waals surface area contributed by atoms with Crippen LogP contribution in [-0.2, 0) is 14.3 Å². The molecule has 0 radical (unpaired) electrons. The summed E-state index contributed by atoms with van der Waals surface area (Å²) in [5.74, 6) is -1.47. The lowest BCUT2D eigenvalue weighted by atomic mass is 10.2. The van der Waals surface area contributed by atoms with Crippen molar-refractivity contribution in [1.82, 2.24) is 4.98 Å². The van der Waals surface area contributed by atoms with Gasteiger partial charge in [-0.25, -0.2) is 14.6 Å². The van der Waals surface area contributed by atoms with E-state index in [0.717, 1.165) is 16.6 Å². The normalized spacial score (nSPS) is 10.5. The maximum atomic E-state index is 12.1. The lowest BCUT2D eigenvalue weighted by Gasteiger charge is -2.08. The zero-order valence-electron chi connectivity index (χ0n) is 15.1. The molecule has 1 amide bonds. The molecule has 28 heavy (non-hydrogen) atoms. The van der Waals surface area contributed by atoms with Gasteiger partial charge in [0.25, 0.3) is 5.91 Å². The highest BCUT2D eigenvalue weighted by Crippen LogP contribution is 2.19. The van der Waals surface area contributed by atoms with Gasteiger partial charge >= 0.3 is 11.9 Å². The van der Waals surface area contributed by atoms with Crippen LogP contribution in [-0.4, -0.2) is 36.0 Å². The molecule has 0 saturated heterocycles. The molecule has 7 nitrogen and oxygen atoms in total. The van der Waals surface area contributed by atoms with Crippen molar-refractivity contribution < 1.29 is 23.9 Å². The van der Waals surface area contributed by atoms with Crippen LogP contribution in [0.2, 0.25) is 0 Å². The summed E-state index contributed by atoms with van der Waals surface area (Å²) in [7, 11) is 0. The molecule has 0 aliphatic carbocycles. The molecule has 1 aromatic heterocycles. The van der Waals surface area contributed by atoms with Crippen LogP contribution >= 0.6 is 11.3 Å². The van der Waals surface area contributed by atoms with E-state index in [1.54, 1.807) is 48.0 Å². The molecule has 0 aliphatic rings. The summed E-state index contributed by atoms with van der Waals surface area (Å²) in [4.78, 5) is 40.0. The first kappa shape index (κ1) is 19.5. The van der Waals surface area contributed by atoms with Crippen LogP contribution in [0.1, 0.15) is 34.1 Å². The van der Waals surface area contributed by atoms with Gasteiger partial charge in [0.15, 0.2) is 6.61 Å². The third-order valence-electron chi connectivity index (χ3n) is 3.74. The van der Waals surface area contributed by atoms with Crippen molar-refractivity contribution in [1.29, 1.82) is 0 Å². The van der Waals surface area contributed by atoms with Crippen molar-refractivity contribution in [2.75, 3.05) is 18.5 Å². The van der Waals surface area contributed by atoms with E-state index in [1.807, 2.05) is 6.92 Å². The fourth-order valence-electron chi connectivity index (χ4n) is 2.36. The Morgan fingerprint density at radius 2 is 1.71 bits per heavy atom. The SMILES string of the molecule is CCCOC(=O)c1ccc(NC(=O)COC(=O)c2ccc3ncsc3c2)cc1. The Morgan fingerprint density at radius 1 is 1.00 bits per heavy atom. The molecule has 3 rings (SSSR count). The molecule has 0 unspecified atom stereocenters. The van der Waals surface area contributed by atoms with Crippen LogP contribution < -0.4 is 5.32 Å². The first-order chi connectivity index (χ1) is 13.6. The van der Waals surface area contributed by atoms with Gasteiger partial charge in [0, 0.05) is 5.69 Å². The second-order valence-corrected chi connectivity index (χ2v) is 6.76. The Balaban J connectivity index is 1.51. The van der Waals surface area contributed by atoms with Gasteiger partial charge < -0.3 is 14.8 Å².